The van der Waals surface area contributed by atoms with Crippen molar-refractivity contribution in [2.75, 3.05) is 26.2 Å². The largest absolute Gasteiger partial charge is 0.417 e. The maximum Gasteiger partial charge on any atom is 0.417 e. The lowest BCUT2D eigenvalue weighted by atomic mass is 10.1. The van der Waals surface area contributed by atoms with Crippen LogP contribution < -0.4 is 0 Å². The van der Waals surface area contributed by atoms with Crippen molar-refractivity contribution in [1.29, 1.82) is 0 Å². The third-order valence-corrected chi connectivity index (χ3v) is 4.93. The van der Waals surface area contributed by atoms with E-state index in [4.69, 9.17) is 0 Å². The Balaban J connectivity index is 1.41. The second kappa shape index (κ2) is 7.27. The van der Waals surface area contributed by atoms with Crippen LogP contribution in [0.25, 0.3) is 11.0 Å². The molecule has 5 nitrogen and oxygen atoms in total. The lowest BCUT2D eigenvalue weighted by Gasteiger charge is -2.34. The van der Waals surface area contributed by atoms with E-state index >= 15 is 0 Å². The summed E-state index contributed by atoms with van der Waals surface area (Å²) in [4.78, 5) is 24.1. The Morgan fingerprint density at radius 3 is 2.39 bits per heavy atom. The molecule has 1 aromatic heterocycles. The van der Waals surface area contributed by atoms with Crippen LogP contribution in [0.1, 0.15) is 21.7 Å². The van der Waals surface area contributed by atoms with Crippen LogP contribution in [0.2, 0.25) is 0 Å². The number of H-pyrrole nitrogens is 1. The fourth-order valence-corrected chi connectivity index (χ4v) is 3.49. The Bertz CT molecular complexity index is 957. The average Bonchev–Trinajstić information content (AvgIpc) is 3.09. The summed E-state index contributed by atoms with van der Waals surface area (Å²) in [6, 6.07) is 12.7. The molecule has 28 heavy (non-hydrogen) atoms. The molecular weight excluding hydrogens is 369 g/mol. The monoisotopic (exact) mass is 388 g/mol. The normalized spacial score (nSPS) is 15.9. The minimum absolute atomic E-state index is 0.291. The number of aromatic amines is 1. The maximum absolute atomic E-state index is 13.2. The van der Waals surface area contributed by atoms with Gasteiger partial charge < -0.3 is 9.88 Å². The summed E-state index contributed by atoms with van der Waals surface area (Å²) in [5.41, 5.74) is 0.690. The number of fused-ring (bicyclic) bond motifs is 1. The Labute approximate surface area is 159 Å². The van der Waals surface area contributed by atoms with Gasteiger partial charge in [0.15, 0.2) is 0 Å². The minimum atomic E-state index is -4.55. The zero-order valence-corrected chi connectivity index (χ0v) is 15.0. The second-order valence-corrected chi connectivity index (χ2v) is 6.81. The van der Waals surface area contributed by atoms with Crippen molar-refractivity contribution in [1.82, 2.24) is 19.8 Å². The number of piperazine rings is 1. The molecule has 1 amide bonds. The van der Waals surface area contributed by atoms with Crippen molar-refractivity contribution in [3.63, 3.8) is 0 Å². The zero-order valence-electron chi connectivity index (χ0n) is 15.0. The molecule has 0 unspecified atom stereocenters. The van der Waals surface area contributed by atoms with Gasteiger partial charge >= 0.3 is 6.18 Å². The molecule has 2 aromatic carbocycles. The summed E-state index contributed by atoms with van der Waals surface area (Å²) in [7, 11) is 0. The molecule has 2 heterocycles. The fourth-order valence-electron chi connectivity index (χ4n) is 3.49. The lowest BCUT2D eigenvalue weighted by Crippen LogP contribution is -2.48. The zero-order chi connectivity index (χ0) is 19.7. The quantitative estimate of drug-likeness (QED) is 0.747. The van der Waals surface area contributed by atoms with Crippen LogP contribution in [0.5, 0.6) is 0 Å². The highest BCUT2D eigenvalue weighted by molar-refractivity contribution is 5.96. The molecule has 0 atom stereocenters. The molecule has 1 aliphatic heterocycles. The number of hydrogen-bond donors (Lipinski definition) is 1. The highest BCUT2D eigenvalue weighted by Crippen LogP contribution is 2.32. The van der Waals surface area contributed by atoms with Crippen LogP contribution in [-0.2, 0) is 12.7 Å². The molecule has 0 spiro atoms. The molecule has 4 rings (SSSR count). The molecule has 0 bridgehead atoms. The number of hydrogen-bond acceptors (Lipinski definition) is 3. The molecular formula is C20H19F3N4O. The van der Waals surface area contributed by atoms with E-state index in [-0.39, 0.29) is 5.56 Å². The van der Waals surface area contributed by atoms with Crippen LogP contribution in [0.3, 0.4) is 0 Å². The lowest BCUT2D eigenvalue weighted by molar-refractivity contribution is -0.138. The molecule has 0 radical (unpaired) electrons. The first-order valence-electron chi connectivity index (χ1n) is 9.03. The average molecular weight is 388 g/mol. The summed E-state index contributed by atoms with van der Waals surface area (Å²) < 4.78 is 39.5. The summed E-state index contributed by atoms with van der Waals surface area (Å²) in [6.07, 6.45) is -4.55. The highest BCUT2D eigenvalue weighted by Gasteiger charge is 2.36. The summed E-state index contributed by atoms with van der Waals surface area (Å²) in [5, 5.41) is 0. The van der Waals surface area contributed by atoms with E-state index in [1.165, 1.54) is 23.1 Å². The number of nitrogens with one attached hydrogen (secondary N) is 1. The van der Waals surface area contributed by atoms with E-state index in [0.29, 0.717) is 32.7 Å². The number of carbonyl (C=O) groups excluding carboxylic acids is 1. The molecule has 8 heteroatoms. The number of nitrogens with zero attached hydrogens (tertiary/aromatic N) is 3. The number of imidazole rings is 1. The van der Waals surface area contributed by atoms with Gasteiger partial charge in [-0.3, -0.25) is 9.69 Å². The van der Waals surface area contributed by atoms with E-state index in [1.807, 2.05) is 24.3 Å². The third kappa shape index (κ3) is 3.73. The van der Waals surface area contributed by atoms with Crippen molar-refractivity contribution in [3.05, 3.63) is 65.5 Å². The Morgan fingerprint density at radius 2 is 1.68 bits per heavy atom. The number of rotatable bonds is 3. The molecule has 1 fully saturated rings. The van der Waals surface area contributed by atoms with E-state index in [9.17, 15) is 18.0 Å². The third-order valence-electron chi connectivity index (χ3n) is 4.93. The standard InChI is InChI=1S/C20H19F3N4O/c21-20(22,23)15-6-2-1-5-14(15)19(28)27-11-9-26(10-12-27)13-18-24-16-7-3-4-8-17(16)25-18/h1-8H,9-13H2,(H,24,25). The van der Waals surface area contributed by atoms with Gasteiger partial charge in [0.1, 0.15) is 5.82 Å². The van der Waals surface area contributed by atoms with Crippen molar-refractivity contribution in [3.8, 4) is 0 Å². The Hall–Kier alpha value is -2.87. The Kier molecular flexibility index (Phi) is 4.80. The van der Waals surface area contributed by atoms with Crippen LogP contribution >= 0.6 is 0 Å². The number of aromatic nitrogens is 2. The first-order valence-corrected chi connectivity index (χ1v) is 9.03. The van der Waals surface area contributed by atoms with Gasteiger partial charge in [0.05, 0.1) is 28.7 Å². The number of amides is 1. The van der Waals surface area contributed by atoms with Gasteiger partial charge in [0, 0.05) is 26.2 Å². The molecule has 1 N–H and O–H groups in total. The summed E-state index contributed by atoms with van der Waals surface area (Å²) in [5.74, 6) is 0.264. The predicted molar refractivity (Wildman–Crippen MR) is 98.7 cm³/mol. The van der Waals surface area contributed by atoms with Crippen molar-refractivity contribution < 1.29 is 18.0 Å². The SMILES string of the molecule is O=C(c1ccccc1C(F)(F)F)N1CCN(Cc2nc3ccccc3[nH]2)CC1. The van der Waals surface area contributed by atoms with E-state index < -0.39 is 17.6 Å². The van der Waals surface area contributed by atoms with Crippen molar-refractivity contribution in [2.45, 2.75) is 12.7 Å². The highest BCUT2D eigenvalue weighted by atomic mass is 19.4. The topological polar surface area (TPSA) is 52.2 Å². The summed E-state index contributed by atoms with van der Waals surface area (Å²) >= 11 is 0. The molecule has 1 saturated heterocycles. The van der Waals surface area contributed by atoms with E-state index in [2.05, 4.69) is 14.9 Å². The van der Waals surface area contributed by atoms with Crippen molar-refractivity contribution >= 4 is 16.9 Å². The number of para-hydroxylation sites is 2. The van der Waals surface area contributed by atoms with Gasteiger partial charge in [-0.05, 0) is 24.3 Å². The number of alkyl halides is 3. The van der Waals surface area contributed by atoms with Crippen LogP contribution in [0.4, 0.5) is 13.2 Å². The van der Waals surface area contributed by atoms with Crippen molar-refractivity contribution in [2.24, 2.45) is 0 Å². The van der Waals surface area contributed by atoms with Gasteiger partial charge in [0.25, 0.3) is 5.91 Å². The molecule has 1 aliphatic rings. The molecule has 0 saturated carbocycles. The molecule has 3 aromatic rings. The van der Waals surface area contributed by atoms with Crippen LogP contribution in [0, 0.1) is 0 Å². The first-order chi connectivity index (χ1) is 13.4. The molecule has 0 aliphatic carbocycles. The number of halogens is 3. The number of benzene rings is 2. The van der Waals surface area contributed by atoms with Gasteiger partial charge in [-0.25, -0.2) is 4.98 Å². The van der Waals surface area contributed by atoms with E-state index in [1.54, 1.807) is 0 Å². The van der Waals surface area contributed by atoms with E-state index in [0.717, 1.165) is 22.9 Å². The second-order valence-electron chi connectivity index (χ2n) is 6.81. The van der Waals surface area contributed by atoms with Gasteiger partial charge in [-0.15, -0.1) is 0 Å². The molecule has 146 valence electrons. The number of carbonyl (C=O) groups is 1. The minimum Gasteiger partial charge on any atom is -0.341 e. The Morgan fingerprint density at radius 1 is 1.00 bits per heavy atom. The smallest absolute Gasteiger partial charge is 0.341 e. The fraction of sp³-hybridized carbons (Fsp3) is 0.300. The van der Waals surface area contributed by atoms with Gasteiger partial charge in [0.2, 0.25) is 0 Å². The maximum atomic E-state index is 13.2. The van der Waals surface area contributed by atoms with Crippen LogP contribution in [0.15, 0.2) is 48.5 Å². The van der Waals surface area contributed by atoms with Gasteiger partial charge in [-0.1, -0.05) is 24.3 Å². The van der Waals surface area contributed by atoms with Crippen LogP contribution in [-0.4, -0.2) is 51.9 Å². The van der Waals surface area contributed by atoms with Gasteiger partial charge in [-0.2, -0.15) is 13.2 Å². The first kappa shape index (κ1) is 18.5. The summed E-state index contributed by atoms with van der Waals surface area (Å²) in [6.45, 7) is 2.53. The predicted octanol–water partition coefficient (Wildman–Crippen LogP) is 3.54.